The quantitative estimate of drug-likeness (QED) is 0.413. The molecular weight excluding hydrogens is 406 g/mol. The molecule has 0 saturated heterocycles. The number of carbonyl (C=O) groups excluding carboxylic acids is 1. The molecule has 1 N–H and O–H groups in total. The molecule has 0 unspecified atom stereocenters. The highest BCUT2D eigenvalue weighted by Gasteiger charge is 2.28. The molecule has 1 amide bonds. The van der Waals surface area contributed by atoms with E-state index in [2.05, 4.69) is 20.8 Å². The number of hydrogen-bond donors (Lipinski definition) is 1. The van der Waals surface area contributed by atoms with Crippen LogP contribution in [0.1, 0.15) is 29.7 Å². The highest BCUT2D eigenvalue weighted by molar-refractivity contribution is 8.00. The predicted molar refractivity (Wildman–Crippen MR) is 122 cm³/mol. The van der Waals surface area contributed by atoms with E-state index >= 15 is 0 Å². The number of benzene rings is 3. The van der Waals surface area contributed by atoms with E-state index in [-0.39, 0.29) is 11.2 Å². The van der Waals surface area contributed by atoms with Gasteiger partial charge >= 0.3 is 0 Å². The van der Waals surface area contributed by atoms with Gasteiger partial charge in [0.25, 0.3) is 0 Å². The van der Waals surface area contributed by atoms with Crippen molar-refractivity contribution in [1.82, 2.24) is 20.2 Å². The third-order valence-electron chi connectivity index (χ3n) is 5.11. The van der Waals surface area contributed by atoms with Gasteiger partial charge < -0.3 is 5.32 Å². The molecule has 1 atom stereocenters. The number of amides is 1. The van der Waals surface area contributed by atoms with Crippen LogP contribution in [0.4, 0.5) is 5.69 Å². The van der Waals surface area contributed by atoms with Gasteiger partial charge in [-0.05, 0) is 53.1 Å². The number of carbonyl (C=O) groups is 1. The number of rotatable bonds is 7. The molecule has 6 nitrogen and oxygen atoms in total. The highest BCUT2D eigenvalue weighted by Crippen LogP contribution is 2.38. The largest absolute Gasteiger partial charge is 0.325 e. The van der Waals surface area contributed by atoms with E-state index in [0.717, 1.165) is 40.4 Å². The van der Waals surface area contributed by atoms with Gasteiger partial charge in [-0.2, -0.15) is 0 Å². The average molecular weight is 428 g/mol. The van der Waals surface area contributed by atoms with Crippen LogP contribution in [0.15, 0.2) is 89.8 Å². The fourth-order valence-electron chi connectivity index (χ4n) is 3.43. The molecule has 31 heavy (non-hydrogen) atoms. The molecule has 5 rings (SSSR count). The summed E-state index contributed by atoms with van der Waals surface area (Å²) >= 11 is 1.54. The van der Waals surface area contributed by atoms with Crippen LogP contribution in [0, 0.1) is 0 Å². The van der Waals surface area contributed by atoms with Crippen molar-refractivity contribution in [2.75, 3.05) is 5.32 Å². The third-order valence-corrected chi connectivity index (χ3v) is 6.38. The summed E-state index contributed by atoms with van der Waals surface area (Å²) in [7, 11) is 0. The Labute approximate surface area is 184 Å². The lowest BCUT2D eigenvalue weighted by Gasteiger charge is -2.17. The van der Waals surface area contributed by atoms with Gasteiger partial charge in [-0.15, -0.1) is 16.9 Å². The zero-order valence-corrected chi connectivity index (χ0v) is 17.6. The maximum atomic E-state index is 13.3. The fraction of sp³-hybridized carbons (Fsp3) is 0.167. The van der Waals surface area contributed by atoms with Crippen LogP contribution in [0.3, 0.4) is 0 Å². The Bertz CT molecular complexity index is 1170. The summed E-state index contributed by atoms with van der Waals surface area (Å²) in [5.41, 5.74) is 2.58. The van der Waals surface area contributed by atoms with Crippen molar-refractivity contribution in [2.24, 2.45) is 0 Å². The summed E-state index contributed by atoms with van der Waals surface area (Å²) in [5.74, 6) is 0.663. The number of anilines is 1. The molecule has 1 aliphatic carbocycles. The minimum atomic E-state index is -0.371. The van der Waals surface area contributed by atoms with E-state index in [4.69, 9.17) is 0 Å². The standard InChI is InChI=1S/C24H21N5OS/c30-24(22(17-8-3-1-4-9-17)31-21-12-5-2-6-13-21)25-19-11-7-10-18(16-19)23-26-27-28-29(23)20-14-15-20/h1-13,16,20,22H,14-15H2,(H,25,30)/t22-/m1/s1. The zero-order valence-electron chi connectivity index (χ0n) is 16.8. The zero-order chi connectivity index (χ0) is 21.0. The lowest BCUT2D eigenvalue weighted by atomic mass is 10.1. The van der Waals surface area contributed by atoms with E-state index < -0.39 is 0 Å². The van der Waals surface area contributed by atoms with Crippen LogP contribution in [0.2, 0.25) is 0 Å². The summed E-state index contributed by atoms with van der Waals surface area (Å²) in [6, 6.07) is 27.9. The van der Waals surface area contributed by atoms with Gasteiger partial charge in [-0.25, -0.2) is 4.68 Å². The molecule has 4 aromatic rings. The minimum absolute atomic E-state index is 0.0704. The van der Waals surface area contributed by atoms with Gasteiger partial charge in [-0.3, -0.25) is 4.79 Å². The van der Waals surface area contributed by atoms with Crippen molar-refractivity contribution in [3.63, 3.8) is 0 Å². The molecule has 1 aromatic heterocycles. The Hall–Kier alpha value is -3.45. The summed E-state index contributed by atoms with van der Waals surface area (Å²) in [4.78, 5) is 14.4. The minimum Gasteiger partial charge on any atom is -0.325 e. The first-order valence-electron chi connectivity index (χ1n) is 10.2. The van der Waals surface area contributed by atoms with E-state index in [1.165, 1.54) is 11.8 Å². The second-order valence-electron chi connectivity index (χ2n) is 7.47. The van der Waals surface area contributed by atoms with Gasteiger partial charge in [0.1, 0.15) is 5.25 Å². The van der Waals surface area contributed by atoms with Crippen LogP contribution in [0.25, 0.3) is 11.4 Å². The van der Waals surface area contributed by atoms with Crippen molar-refractivity contribution in [3.05, 3.63) is 90.5 Å². The number of nitrogens with zero attached hydrogens (tertiary/aromatic N) is 4. The van der Waals surface area contributed by atoms with Crippen LogP contribution in [0.5, 0.6) is 0 Å². The van der Waals surface area contributed by atoms with Crippen LogP contribution in [-0.4, -0.2) is 26.1 Å². The topological polar surface area (TPSA) is 72.7 Å². The van der Waals surface area contributed by atoms with Gasteiger partial charge in [-0.1, -0.05) is 60.7 Å². The predicted octanol–water partition coefficient (Wildman–Crippen LogP) is 5.15. The molecule has 0 radical (unpaired) electrons. The maximum absolute atomic E-state index is 13.3. The molecule has 1 heterocycles. The summed E-state index contributed by atoms with van der Waals surface area (Å²) in [6.07, 6.45) is 2.20. The number of tetrazole rings is 1. The van der Waals surface area contributed by atoms with Gasteiger partial charge in [0, 0.05) is 16.1 Å². The van der Waals surface area contributed by atoms with Crippen LogP contribution in [-0.2, 0) is 4.79 Å². The Morgan fingerprint density at radius 3 is 2.45 bits per heavy atom. The van der Waals surface area contributed by atoms with Crippen molar-refractivity contribution < 1.29 is 4.79 Å². The number of aromatic nitrogens is 4. The van der Waals surface area contributed by atoms with Gasteiger partial charge in [0.15, 0.2) is 5.82 Å². The van der Waals surface area contributed by atoms with E-state index in [0.29, 0.717) is 6.04 Å². The average Bonchev–Trinajstić information content (AvgIpc) is 3.55. The summed E-state index contributed by atoms with van der Waals surface area (Å²) in [5, 5.41) is 14.9. The first kappa shape index (κ1) is 19.5. The van der Waals surface area contributed by atoms with Gasteiger partial charge in [0.05, 0.1) is 6.04 Å². The first-order valence-corrected chi connectivity index (χ1v) is 11.1. The summed E-state index contributed by atoms with van der Waals surface area (Å²) < 4.78 is 1.87. The monoisotopic (exact) mass is 427 g/mol. The Morgan fingerprint density at radius 1 is 0.968 bits per heavy atom. The molecule has 0 spiro atoms. The number of hydrogen-bond acceptors (Lipinski definition) is 5. The van der Waals surface area contributed by atoms with E-state index in [1.807, 2.05) is 89.6 Å². The van der Waals surface area contributed by atoms with Crippen LogP contribution < -0.4 is 5.32 Å². The fourth-order valence-corrected chi connectivity index (χ4v) is 4.47. The molecular formula is C24H21N5OS. The second-order valence-corrected chi connectivity index (χ2v) is 8.65. The SMILES string of the molecule is O=C(Nc1cccc(-c2nnnn2C2CC2)c1)[C@H](Sc1ccccc1)c1ccccc1. The van der Waals surface area contributed by atoms with E-state index in [9.17, 15) is 4.79 Å². The van der Waals surface area contributed by atoms with E-state index in [1.54, 1.807) is 0 Å². The highest BCUT2D eigenvalue weighted by atomic mass is 32.2. The lowest BCUT2D eigenvalue weighted by Crippen LogP contribution is -2.19. The van der Waals surface area contributed by atoms with Crippen molar-refractivity contribution in [3.8, 4) is 11.4 Å². The first-order chi connectivity index (χ1) is 15.3. The molecule has 0 bridgehead atoms. The third kappa shape index (κ3) is 4.51. The Kier molecular flexibility index (Phi) is 5.50. The molecule has 1 aliphatic rings. The molecule has 1 fully saturated rings. The Morgan fingerprint density at radius 2 is 1.71 bits per heavy atom. The molecule has 154 valence electrons. The van der Waals surface area contributed by atoms with Crippen molar-refractivity contribution in [1.29, 1.82) is 0 Å². The van der Waals surface area contributed by atoms with Crippen LogP contribution >= 0.6 is 11.8 Å². The molecule has 3 aromatic carbocycles. The Balaban J connectivity index is 1.40. The van der Waals surface area contributed by atoms with Gasteiger partial charge in [0.2, 0.25) is 5.91 Å². The number of nitrogens with one attached hydrogen (secondary N) is 1. The normalized spacial score (nSPS) is 14.2. The molecule has 1 saturated carbocycles. The van der Waals surface area contributed by atoms with Crippen molar-refractivity contribution >= 4 is 23.4 Å². The maximum Gasteiger partial charge on any atom is 0.242 e. The smallest absolute Gasteiger partial charge is 0.242 e. The number of thioether (sulfide) groups is 1. The van der Waals surface area contributed by atoms with Crippen molar-refractivity contribution in [2.45, 2.75) is 29.0 Å². The lowest BCUT2D eigenvalue weighted by molar-refractivity contribution is -0.115. The summed E-state index contributed by atoms with van der Waals surface area (Å²) in [6.45, 7) is 0. The molecule has 0 aliphatic heterocycles. The molecule has 7 heteroatoms. The second kappa shape index (κ2) is 8.73.